The number of carboxylic acids is 1. The lowest BCUT2D eigenvalue weighted by Gasteiger charge is -2.26. The first-order chi connectivity index (χ1) is 17.6. The third-order valence-electron chi connectivity index (χ3n) is 5.24. The lowest BCUT2D eigenvalue weighted by atomic mass is 10.1. The fraction of sp³-hybridized carbons (Fsp3) is 0.269. The highest BCUT2D eigenvalue weighted by molar-refractivity contribution is 5.96. The Bertz CT molecular complexity index is 1270. The van der Waals surface area contributed by atoms with Crippen LogP contribution in [0.15, 0.2) is 57.9 Å². The number of carbonyl (C=O) groups is 4. The van der Waals surface area contributed by atoms with Crippen molar-refractivity contribution in [2.24, 2.45) is 4.99 Å². The minimum Gasteiger partial charge on any atom is -0.481 e. The van der Waals surface area contributed by atoms with E-state index in [4.69, 9.17) is 9.52 Å². The summed E-state index contributed by atoms with van der Waals surface area (Å²) in [5.74, 6) is -1.00. The average molecular weight is 510 g/mol. The lowest BCUT2D eigenvalue weighted by molar-refractivity contribution is -0.137. The quantitative estimate of drug-likeness (QED) is 0.413. The molecule has 0 saturated carbocycles. The van der Waals surface area contributed by atoms with Gasteiger partial charge >= 0.3 is 18.0 Å². The Balaban J connectivity index is 0.000000278. The molecule has 0 atom stereocenters. The number of carboxylic acid groups (broad SMARTS) is 1. The lowest BCUT2D eigenvalue weighted by Crippen LogP contribution is -2.48. The van der Waals surface area contributed by atoms with Crippen LogP contribution < -0.4 is 10.6 Å². The van der Waals surface area contributed by atoms with Crippen molar-refractivity contribution in [2.75, 3.05) is 27.7 Å². The van der Waals surface area contributed by atoms with Crippen LogP contribution in [0.3, 0.4) is 0 Å². The normalized spacial score (nSPS) is 10.1. The van der Waals surface area contributed by atoms with Gasteiger partial charge in [0.05, 0.1) is 12.1 Å². The second-order valence-corrected chi connectivity index (χ2v) is 8.04. The van der Waals surface area contributed by atoms with Gasteiger partial charge in [-0.2, -0.15) is 0 Å². The van der Waals surface area contributed by atoms with Gasteiger partial charge in [-0.05, 0) is 43.5 Å². The molecule has 11 heteroatoms. The van der Waals surface area contributed by atoms with E-state index in [-0.39, 0.29) is 18.9 Å². The summed E-state index contributed by atoms with van der Waals surface area (Å²) >= 11 is 0. The molecule has 5 amide bonds. The number of nitrogens with one attached hydrogen (secondary N) is 2. The summed E-state index contributed by atoms with van der Waals surface area (Å²) in [6, 6.07) is 13.6. The van der Waals surface area contributed by atoms with Gasteiger partial charge in [0, 0.05) is 39.6 Å². The van der Waals surface area contributed by atoms with Gasteiger partial charge in [0.15, 0.2) is 5.76 Å². The zero-order valence-electron chi connectivity index (χ0n) is 21.3. The van der Waals surface area contributed by atoms with Crippen molar-refractivity contribution in [1.82, 2.24) is 20.4 Å². The van der Waals surface area contributed by atoms with E-state index in [1.807, 2.05) is 37.3 Å². The third kappa shape index (κ3) is 8.20. The van der Waals surface area contributed by atoms with Gasteiger partial charge in [0.2, 0.25) is 0 Å². The number of aryl methyl sites for hydroxylation is 1. The first-order valence-electron chi connectivity index (χ1n) is 11.3. The van der Waals surface area contributed by atoms with Crippen molar-refractivity contribution >= 4 is 47.3 Å². The third-order valence-corrected chi connectivity index (χ3v) is 5.24. The highest BCUT2D eigenvalue weighted by Crippen LogP contribution is 2.24. The molecule has 0 aliphatic rings. The summed E-state index contributed by atoms with van der Waals surface area (Å²) in [6.45, 7) is 5.56. The summed E-state index contributed by atoms with van der Waals surface area (Å²) in [5.41, 5.74) is 3.47. The number of carbonyl (C=O) groups excluding carboxylic acids is 3. The van der Waals surface area contributed by atoms with E-state index in [1.165, 1.54) is 11.9 Å². The number of furan rings is 1. The highest BCUT2D eigenvalue weighted by Gasteiger charge is 2.24. The second-order valence-electron chi connectivity index (χ2n) is 8.04. The Morgan fingerprint density at radius 1 is 1.03 bits per heavy atom. The number of aliphatic carboxylic acids is 1. The molecule has 3 N–H and O–H groups in total. The minimum atomic E-state index is -1.07. The summed E-state index contributed by atoms with van der Waals surface area (Å²) in [5, 5.41) is 14.4. The van der Waals surface area contributed by atoms with Crippen LogP contribution in [-0.4, -0.2) is 73.3 Å². The molecule has 0 spiro atoms. The molecular formula is C26H31N5O6. The largest absolute Gasteiger partial charge is 0.481 e. The minimum absolute atomic E-state index is 0.175. The van der Waals surface area contributed by atoms with Crippen molar-refractivity contribution in [3.8, 4) is 0 Å². The maximum atomic E-state index is 12.3. The number of aliphatic imine (C=N–C) groups is 1. The summed E-state index contributed by atoms with van der Waals surface area (Å²) in [6.07, 6.45) is -0.294. The first kappa shape index (κ1) is 28.6. The van der Waals surface area contributed by atoms with Gasteiger partial charge in [-0.15, -0.1) is 0 Å². The van der Waals surface area contributed by atoms with E-state index in [0.29, 0.717) is 17.9 Å². The number of hydrogen-bond acceptors (Lipinski definition) is 6. The van der Waals surface area contributed by atoms with Gasteiger partial charge in [0.25, 0.3) is 5.91 Å². The summed E-state index contributed by atoms with van der Waals surface area (Å²) < 4.78 is 5.35. The van der Waals surface area contributed by atoms with Crippen LogP contribution in [-0.2, 0) is 11.3 Å². The van der Waals surface area contributed by atoms with Crippen molar-refractivity contribution in [2.45, 2.75) is 19.9 Å². The average Bonchev–Trinajstić information content (AvgIpc) is 3.32. The SMILES string of the molecule is C=Nc1ccc2oc(C(=O)NC)cc2c1.CNC(=O)N(CCC(=O)O)C(=O)N(C)Cc1ccc(C)cc1. The number of imide groups is 1. The summed E-state index contributed by atoms with van der Waals surface area (Å²) in [4.78, 5) is 52.1. The molecule has 0 radical (unpaired) electrons. The molecular weight excluding hydrogens is 478 g/mol. The van der Waals surface area contributed by atoms with E-state index in [0.717, 1.165) is 27.1 Å². The molecule has 1 heterocycles. The number of urea groups is 2. The number of hydrogen-bond donors (Lipinski definition) is 3. The van der Waals surface area contributed by atoms with Crippen LogP contribution in [0.2, 0.25) is 0 Å². The molecule has 0 saturated heterocycles. The van der Waals surface area contributed by atoms with E-state index < -0.39 is 18.0 Å². The molecule has 1 aromatic heterocycles. The Morgan fingerprint density at radius 2 is 1.70 bits per heavy atom. The Hall–Kier alpha value is -4.67. The van der Waals surface area contributed by atoms with Crippen LogP contribution in [0.4, 0.5) is 15.3 Å². The van der Waals surface area contributed by atoms with E-state index >= 15 is 0 Å². The molecule has 0 fully saturated rings. The van der Waals surface area contributed by atoms with Gasteiger partial charge in [0.1, 0.15) is 5.58 Å². The smallest absolute Gasteiger partial charge is 0.328 e. The van der Waals surface area contributed by atoms with Crippen molar-refractivity contribution in [3.63, 3.8) is 0 Å². The van der Waals surface area contributed by atoms with Crippen LogP contribution in [0.1, 0.15) is 28.1 Å². The highest BCUT2D eigenvalue weighted by atomic mass is 16.4. The zero-order valence-corrected chi connectivity index (χ0v) is 21.3. The van der Waals surface area contributed by atoms with E-state index in [9.17, 15) is 19.2 Å². The molecule has 196 valence electrons. The number of rotatable bonds is 7. The maximum absolute atomic E-state index is 12.3. The van der Waals surface area contributed by atoms with Crippen LogP contribution in [0.25, 0.3) is 11.0 Å². The van der Waals surface area contributed by atoms with E-state index in [1.54, 1.807) is 32.3 Å². The Kier molecular flexibility index (Phi) is 10.4. The summed E-state index contributed by atoms with van der Waals surface area (Å²) in [7, 11) is 4.52. The van der Waals surface area contributed by atoms with E-state index in [2.05, 4.69) is 22.3 Å². The molecule has 2 aromatic carbocycles. The molecule has 37 heavy (non-hydrogen) atoms. The molecule has 0 bridgehead atoms. The Morgan fingerprint density at radius 3 is 2.27 bits per heavy atom. The van der Waals surface area contributed by atoms with Crippen LogP contribution in [0.5, 0.6) is 0 Å². The number of nitrogens with zero attached hydrogens (tertiary/aromatic N) is 3. The standard InChI is InChI=1S/C15H21N3O4.C11H10N2O2/c1-11-4-6-12(7-5-11)10-17(3)15(22)18(14(21)16-2)9-8-13(19)20;1-12-8-3-4-9-7(5-8)6-10(15-9)11(14)13-2/h4-7H,8-10H2,1-3H3,(H,16,21)(H,19,20);3-6H,1H2,2H3,(H,13,14). The molecule has 3 aromatic rings. The molecule has 0 aliphatic carbocycles. The van der Waals surface area contributed by atoms with Gasteiger partial charge in [-0.25, -0.2) is 14.5 Å². The topological polar surface area (TPSA) is 145 Å². The number of fused-ring (bicyclic) bond motifs is 1. The zero-order chi connectivity index (χ0) is 27.5. The molecule has 0 unspecified atom stereocenters. The fourth-order valence-electron chi connectivity index (χ4n) is 3.23. The number of amides is 5. The van der Waals surface area contributed by atoms with Gasteiger partial charge in [-0.1, -0.05) is 29.8 Å². The predicted octanol–water partition coefficient (Wildman–Crippen LogP) is 3.79. The predicted molar refractivity (Wildman–Crippen MR) is 140 cm³/mol. The molecule has 11 nitrogen and oxygen atoms in total. The monoisotopic (exact) mass is 509 g/mol. The molecule has 0 aliphatic heterocycles. The maximum Gasteiger partial charge on any atom is 0.328 e. The van der Waals surface area contributed by atoms with Gasteiger partial charge < -0.3 is 25.1 Å². The van der Waals surface area contributed by atoms with Crippen molar-refractivity contribution in [3.05, 3.63) is 65.4 Å². The van der Waals surface area contributed by atoms with Gasteiger partial charge in [-0.3, -0.25) is 14.6 Å². The van der Waals surface area contributed by atoms with Crippen LogP contribution >= 0.6 is 0 Å². The van der Waals surface area contributed by atoms with Crippen molar-refractivity contribution in [1.29, 1.82) is 0 Å². The molecule has 3 rings (SSSR count). The second kappa shape index (κ2) is 13.4. The first-order valence-corrected chi connectivity index (χ1v) is 11.3. The Labute approximate surface area is 214 Å². The van der Waals surface area contributed by atoms with Crippen molar-refractivity contribution < 1.29 is 28.7 Å². The van der Waals surface area contributed by atoms with Crippen LogP contribution in [0, 0.1) is 6.92 Å². The fourth-order valence-corrected chi connectivity index (χ4v) is 3.23. The number of benzene rings is 2.